The molecule has 2 fully saturated rings. The zero-order valence-corrected chi connectivity index (χ0v) is 27.4. The average molecular weight is 638 g/mol. The lowest BCUT2D eigenvalue weighted by Crippen LogP contribution is -2.60. The number of thiol groups is 1. The number of carbonyl (C=O) groups is 1. The Bertz CT molecular complexity index is 1530. The third-order valence-electron chi connectivity index (χ3n) is 10.8. The first kappa shape index (κ1) is 30.3. The number of anilines is 1. The van der Waals surface area contributed by atoms with Crippen molar-refractivity contribution in [1.29, 1.82) is 0 Å². The summed E-state index contributed by atoms with van der Waals surface area (Å²) < 4.78 is 29.4. The van der Waals surface area contributed by atoms with E-state index in [1.165, 1.54) is 24.0 Å². The van der Waals surface area contributed by atoms with Gasteiger partial charge in [0.05, 0.1) is 18.4 Å². The number of benzene rings is 2. The fourth-order valence-corrected chi connectivity index (χ4v) is 9.47. The standard InChI is InChI=1S/C35H44ClN3O4S/c1-23-5-3-7-31(38-18-28(19-38)42-2)29-11-8-26(29)17-39-21-35(14-4-6-24-15-27(36)10-12-30(24)35)22-43-33-13-9-25(16-32(33)39)34(40)37-44(41)20-23/h3,7,9-10,12-13,15-16,23,26,28-29,31,44H,4-6,8,11,14,17-22H2,1-2H3/b7-3+/t23-,26-,29+,31-,35-/m0/s1. The number of hydrogen-bond donors (Lipinski definition) is 1. The second kappa shape index (κ2) is 12.4. The second-order valence-corrected chi connectivity index (χ2v) is 15.5. The average Bonchev–Trinajstić information content (AvgIpc) is 3.11. The maximum Gasteiger partial charge on any atom is 0.284 e. The van der Waals surface area contributed by atoms with Crippen molar-refractivity contribution in [2.75, 3.05) is 50.5 Å². The minimum Gasteiger partial charge on any atom is -0.490 e. The predicted octanol–water partition coefficient (Wildman–Crippen LogP) is 5.94. The van der Waals surface area contributed by atoms with Crippen LogP contribution in [-0.2, 0) is 27.2 Å². The highest BCUT2D eigenvalue weighted by atomic mass is 35.5. The molecule has 3 heterocycles. The van der Waals surface area contributed by atoms with Crippen LogP contribution in [0.15, 0.2) is 52.9 Å². The first-order valence-electron chi connectivity index (χ1n) is 16.3. The van der Waals surface area contributed by atoms with Gasteiger partial charge in [0.15, 0.2) is 0 Å². The maximum absolute atomic E-state index is 13.3. The first-order valence-corrected chi connectivity index (χ1v) is 18.0. The van der Waals surface area contributed by atoms with Crippen LogP contribution in [0, 0.1) is 17.8 Å². The Labute approximate surface area is 268 Å². The Morgan fingerprint density at radius 2 is 2.00 bits per heavy atom. The van der Waals surface area contributed by atoms with Crippen LogP contribution in [0.5, 0.6) is 5.75 Å². The SMILES string of the molecule is COC1CN([C@H]2/C=C/C[C@H](C)C/[SH](=O)=N\C(=O)c3ccc4c(c3)N(C[C@@H]3CC[C@H]32)C[C@@]2(CCCc3cc(Cl)ccc32)CO4)C1. The van der Waals surface area contributed by atoms with Gasteiger partial charge in [-0.3, -0.25) is 13.9 Å². The summed E-state index contributed by atoms with van der Waals surface area (Å²) in [5, 5.41) is 0.779. The third-order valence-corrected chi connectivity index (χ3v) is 12.4. The molecular formula is C35H44ClN3O4S. The van der Waals surface area contributed by atoms with E-state index in [1.54, 1.807) is 6.07 Å². The van der Waals surface area contributed by atoms with Crippen LogP contribution in [0.3, 0.4) is 0 Å². The van der Waals surface area contributed by atoms with E-state index in [0.29, 0.717) is 41.9 Å². The van der Waals surface area contributed by atoms with Gasteiger partial charge in [-0.2, -0.15) is 4.36 Å². The molecule has 1 unspecified atom stereocenters. The molecule has 3 aliphatic heterocycles. The zero-order valence-electron chi connectivity index (χ0n) is 25.8. The molecule has 2 bridgehead atoms. The molecule has 1 spiro atoms. The van der Waals surface area contributed by atoms with Crippen molar-refractivity contribution < 1.29 is 18.5 Å². The first-order chi connectivity index (χ1) is 21.3. The van der Waals surface area contributed by atoms with E-state index in [4.69, 9.17) is 21.1 Å². The van der Waals surface area contributed by atoms with Crippen molar-refractivity contribution in [3.63, 3.8) is 0 Å². The molecule has 7 nitrogen and oxygen atoms in total. The number of methoxy groups -OCH3 is 1. The molecule has 1 amide bonds. The lowest BCUT2D eigenvalue weighted by Gasteiger charge is -2.52. The number of likely N-dealkylation sites (tertiary alicyclic amines) is 1. The largest absolute Gasteiger partial charge is 0.490 e. The van der Waals surface area contributed by atoms with E-state index >= 15 is 0 Å². The predicted molar refractivity (Wildman–Crippen MR) is 177 cm³/mol. The molecule has 2 aromatic rings. The van der Waals surface area contributed by atoms with Gasteiger partial charge in [-0.25, -0.2) is 0 Å². The second-order valence-electron chi connectivity index (χ2n) is 13.8. The van der Waals surface area contributed by atoms with Crippen LogP contribution >= 0.6 is 11.6 Å². The maximum atomic E-state index is 13.3. The van der Waals surface area contributed by atoms with Gasteiger partial charge >= 0.3 is 0 Å². The van der Waals surface area contributed by atoms with Crippen molar-refractivity contribution in [2.45, 2.75) is 63.0 Å². The molecule has 0 aromatic heterocycles. The Kier molecular flexibility index (Phi) is 8.55. The molecule has 9 heteroatoms. The molecule has 7 rings (SSSR count). The number of fused-ring (bicyclic) bond motifs is 4. The molecule has 2 aromatic carbocycles. The number of amides is 1. The Morgan fingerprint density at radius 3 is 2.80 bits per heavy atom. The van der Waals surface area contributed by atoms with Gasteiger partial charge < -0.3 is 14.4 Å². The molecule has 0 radical (unpaired) electrons. The highest BCUT2D eigenvalue weighted by Crippen LogP contribution is 2.47. The monoisotopic (exact) mass is 637 g/mol. The minimum absolute atomic E-state index is 0.173. The molecular weight excluding hydrogens is 594 g/mol. The van der Waals surface area contributed by atoms with Gasteiger partial charge in [0.1, 0.15) is 5.75 Å². The summed E-state index contributed by atoms with van der Waals surface area (Å²) in [5.74, 6) is 2.05. The summed E-state index contributed by atoms with van der Waals surface area (Å²) in [6, 6.07) is 12.4. The Hall–Kier alpha value is -2.39. The third kappa shape index (κ3) is 5.83. The van der Waals surface area contributed by atoms with E-state index in [9.17, 15) is 9.00 Å². The molecule has 1 saturated heterocycles. The Balaban J connectivity index is 1.28. The van der Waals surface area contributed by atoms with Gasteiger partial charge in [-0.05, 0) is 97.7 Å². The lowest BCUT2D eigenvalue weighted by atomic mass is 9.67. The number of aryl methyl sites for hydroxylation is 1. The van der Waals surface area contributed by atoms with Crippen LogP contribution in [-0.4, -0.2) is 72.8 Å². The summed E-state index contributed by atoms with van der Waals surface area (Å²) in [5.41, 5.74) is 3.90. The zero-order chi connectivity index (χ0) is 30.4. The highest BCUT2D eigenvalue weighted by molar-refractivity contribution is 7.75. The summed E-state index contributed by atoms with van der Waals surface area (Å²) in [4.78, 5) is 18.3. The van der Waals surface area contributed by atoms with Crippen LogP contribution in [0.2, 0.25) is 5.02 Å². The van der Waals surface area contributed by atoms with Crippen LogP contribution in [0.1, 0.15) is 60.5 Å². The topological polar surface area (TPSA) is 71.4 Å². The minimum atomic E-state index is -1.99. The van der Waals surface area contributed by atoms with Crippen molar-refractivity contribution in [3.8, 4) is 5.75 Å². The van der Waals surface area contributed by atoms with Crippen LogP contribution in [0.4, 0.5) is 5.69 Å². The molecule has 6 atom stereocenters. The molecule has 5 aliphatic rings. The molecule has 44 heavy (non-hydrogen) atoms. The quantitative estimate of drug-likeness (QED) is 0.325. The molecule has 2 aliphatic carbocycles. The number of carbonyl (C=O) groups excluding carboxylic acids is 1. The van der Waals surface area contributed by atoms with Crippen molar-refractivity contribution in [3.05, 3.63) is 70.3 Å². The van der Waals surface area contributed by atoms with Crippen molar-refractivity contribution in [1.82, 2.24) is 4.90 Å². The summed E-state index contributed by atoms with van der Waals surface area (Å²) in [7, 11) is -0.180. The summed E-state index contributed by atoms with van der Waals surface area (Å²) in [6.07, 6.45) is 11.4. The van der Waals surface area contributed by atoms with Gasteiger partial charge in [0.2, 0.25) is 0 Å². The van der Waals surface area contributed by atoms with E-state index in [2.05, 4.69) is 45.4 Å². The highest BCUT2D eigenvalue weighted by Gasteiger charge is 2.46. The summed E-state index contributed by atoms with van der Waals surface area (Å²) in [6.45, 7) is 6.31. The summed E-state index contributed by atoms with van der Waals surface area (Å²) >= 11 is 6.45. The fraction of sp³-hybridized carbons (Fsp3) is 0.571. The lowest BCUT2D eigenvalue weighted by molar-refractivity contribution is -0.0675. The molecule has 1 saturated carbocycles. The van der Waals surface area contributed by atoms with Crippen molar-refractivity contribution >= 4 is 33.8 Å². The number of allylic oxidation sites excluding steroid dienone is 1. The molecule has 0 N–H and O–H groups in total. The van der Waals surface area contributed by atoms with E-state index in [0.717, 1.165) is 68.3 Å². The van der Waals surface area contributed by atoms with Gasteiger partial charge in [-0.15, -0.1) is 0 Å². The smallest absolute Gasteiger partial charge is 0.284 e. The Morgan fingerprint density at radius 1 is 1.14 bits per heavy atom. The normalized spacial score (nSPS) is 33.9. The van der Waals surface area contributed by atoms with Gasteiger partial charge in [-0.1, -0.05) is 36.7 Å². The number of ether oxygens (including phenoxy) is 2. The number of rotatable bonds is 2. The van der Waals surface area contributed by atoms with E-state index < -0.39 is 16.5 Å². The van der Waals surface area contributed by atoms with E-state index in [1.807, 2.05) is 25.3 Å². The van der Waals surface area contributed by atoms with Crippen LogP contribution in [0.25, 0.3) is 0 Å². The number of nitrogens with zero attached hydrogens (tertiary/aromatic N) is 3. The number of hydrogen-bond acceptors (Lipinski definition) is 6. The van der Waals surface area contributed by atoms with Gasteiger partial charge in [0.25, 0.3) is 5.91 Å². The van der Waals surface area contributed by atoms with E-state index in [-0.39, 0.29) is 11.3 Å². The molecule has 236 valence electrons. The number of halogens is 1. The fourth-order valence-electron chi connectivity index (χ4n) is 8.19. The van der Waals surface area contributed by atoms with Crippen molar-refractivity contribution in [2.24, 2.45) is 22.1 Å². The van der Waals surface area contributed by atoms with Crippen LogP contribution < -0.4 is 9.64 Å². The van der Waals surface area contributed by atoms with Gasteiger partial charge in [0, 0.05) is 71.7 Å².